The first-order valence-corrected chi connectivity index (χ1v) is 12.0. The molecule has 1 aromatic carbocycles. The molecule has 0 aliphatic heterocycles. The quantitative estimate of drug-likeness (QED) is 0.589. The molecular formula is C24H29N3O2S. The summed E-state index contributed by atoms with van der Waals surface area (Å²) in [4.78, 5) is 20.4. The van der Waals surface area contributed by atoms with Crippen LogP contribution >= 0.6 is 11.3 Å². The van der Waals surface area contributed by atoms with Crippen molar-refractivity contribution in [1.29, 1.82) is 0 Å². The standard InChI is InChI=1S/C24H29N3O2S/c1-2-29-11-5-10-25-18-8-9-20-21(14-18)30-23-22(20)24(28)27(15-26-23)19-12-16-6-3-4-7-17(16)13-19/h3-4,6-7,15,18-19,25H,2,5,8-14H2,1H3. The first-order valence-electron chi connectivity index (χ1n) is 11.1. The second-order valence-electron chi connectivity index (χ2n) is 8.42. The molecule has 2 aromatic heterocycles. The Bertz CT molecular complexity index is 1080. The van der Waals surface area contributed by atoms with Gasteiger partial charge in [-0.3, -0.25) is 9.36 Å². The maximum Gasteiger partial charge on any atom is 0.262 e. The highest BCUT2D eigenvalue weighted by Crippen LogP contribution is 2.35. The number of ether oxygens (including phenoxy) is 1. The van der Waals surface area contributed by atoms with Gasteiger partial charge in [-0.25, -0.2) is 4.98 Å². The number of hydrogen-bond acceptors (Lipinski definition) is 5. The third kappa shape index (κ3) is 3.72. The number of rotatable bonds is 7. The van der Waals surface area contributed by atoms with Crippen LogP contribution in [0.2, 0.25) is 0 Å². The fourth-order valence-electron chi connectivity index (χ4n) is 4.97. The third-order valence-corrected chi connectivity index (χ3v) is 7.68. The molecule has 0 bridgehead atoms. The Hall–Kier alpha value is -2.02. The zero-order valence-electron chi connectivity index (χ0n) is 17.5. The van der Waals surface area contributed by atoms with Gasteiger partial charge < -0.3 is 10.1 Å². The molecule has 158 valence electrons. The lowest BCUT2D eigenvalue weighted by Gasteiger charge is -2.23. The zero-order chi connectivity index (χ0) is 20.5. The van der Waals surface area contributed by atoms with Gasteiger partial charge in [0.25, 0.3) is 5.56 Å². The second-order valence-corrected chi connectivity index (χ2v) is 9.50. The number of thiophene rings is 1. The average Bonchev–Trinajstić information content (AvgIpc) is 3.35. The second kappa shape index (κ2) is 8.61. The highest BCUT2D eigenvalue weighted by atomic mass is 32.1. The molecule has 6 heteroatoms. The lowest BCUT2D eigenvalue weighted by Crippen LogP contribution is -2.35. The van der Waals surface area contributed by atoms with E-state index in [0.717, 1.165) is 68.5 Å². The van der Waals surface area contributed by atoms with E-state index in [2.05, 4.69) is 29.6 Å². The van der Waals surface area contributed by atoms with Crippen molar-refractivity contribution in [2.75, 3.05) is 19.8 Å². The van der Waals surface area contributed by atoms with Crippen LogP contribution in [-0.2, 0) is 30.4 Å². The number of hydrogen-bond donors (Lipinski definition) is 1. The van der Waals surface area contributed by atoms with Crippen molar-refractivity contribution in [2.24, 2.45) is 0 Å². The van der Waals surface area contributed by atoms with E-state index >= 15 is 0 Å². The number of nitrogens with zero attached hydrogens (tertiary/aromatic N) is 2. The van der Waals surface area contributed by atoms with E-state index in [1.165, 1.54) is 21.6 Å². The topological polar surface area (TPSA) is 56.1 Å². The Labute approximate surface area is 181 Å². The molecule has 0 saturated heterocycles. The monoisotopic (exact) mass is 423 g/mol. The maximum atomic E-state index is 13.5. The highest BCUT2D eigenvalue weighted by Gasteiger charge is 2.28. The predicted octanol–water partition coefficient (Wildman–Crippen LogP) is 3.67. The largest absolute Gasteiger partial charge is 0.382 e. The van der Waals surface area contributed by atoms with Crippen LogP contribution in [0.25, 0.3) is 10.2 Å². The first kappa shape index (κ1) is 19.9. The summed E-state index contributed by atoms with van der Waals surface area (Å²) in [5.41, 5.74) is 4.13. The van der Waals surface area contributed by atoms with Crippen LogP contribution in [0.15, 0.2) is 35.4 Å². The SMILES string of the molecule is CCOCCCNC1CCc2c(sc3ncn(C4Cc5ccccc5C4)c(=O)c23)C1. The minimum Gasteiger partial charge on any atom is -0.382 e. The normalized spacial score (nSPS) is 18.6. The van der Waals surface area contributed by atoms with E-state index in [0.29, 0.717) is 6.04 Å². The Morgan fingerprint density at radius 2 is 2.03 bits per heavy atom. The van der Waals surface area contributed by atoms with Gasteiger partial charge >= 0.3 is 0 Å². The van der Waals surface area contributed by atoms with Crippen LogP contribution < -0.4 is 10.9 Å². The van der Waals surface area contributed by atoms with E-state index in [9.17, 15) is 4.79 Å². The lowest BCUT2D eigenvalue weighted by atomic mass is 9.93. The molecule has 3 aromatic rings. The van der Waals surface area contributed by atoms with Crippen molar-refractivity contribution in [3.8, 4) is 0 Å². The Kier molecular flexibility index (Phi) is 5.72. The van der Waals surface area contributed by atoms with Gasteiger partial charge in [0.15, 0.2) is 0 Å². The summed E-state index contributed by atoms with van der Waals surface area (Å²) < 4.78 is 7.32. The van der Waals surface area contributed by atoms with Crippen LogP contribution in [0.1, 0.15) is 47.4 Å². The minimum absolute atomic E-state index is 0.151. The van der Waals surface area contributed by atoms with E-state index < -0.39 is 0 Å². The summed E-state index contributed by atoms with van der Waals surface area (Å²) in [7, 11) is 0. The van der Waals surface area contributed by atoms with Crippen molar-refractivity contribution in [2.45, 2.75) is 57.5 Å². The number of nitrogens with one attached hydrogen (secondary N) is 1. The van der Waals surface area contributed by atoms with Crippen LogP contribution in [0.3, 0.4) is 0 Å². The number of aryl methyl sites for hydroxylation is 1. The van der Waals surface area contributed by atoms with E-state index in [1.54, 1.807) is 17.7 Å². The lowest BCUT2D eigenvalue weighted by molar-refractivity contribution is 0.144. The molecule has 0 radical (unpaired) electrons. The predicted molar refractivity (Wildman–Crippen MR) is 122 cm³/mol. The van der Waals surface area contributed by atoms with E-state index in [-0.39, 0.29) is 11.6 Å². The van der Waals surface area contributed by atoms with Gasteiger partial charge in [-0.2, -0.15) is 0 Å². The molecule has 2 heterocycles. The van der Waals surface area contributed by atoms with Gasteiger partial charge in [0.05, 0.1) is 11.7 Å². The van der Waals surface area contributed by atoms with Gasteiger partial charge in [-0.05, 0) is 68.7 Å². The third-order valence-electron chi connectivity index (χ3n) is 6.52. The van der Waals surface area contributed by atoms with Crippen molar-refractivity contribution < 1.29 is 4.74 Å². The maximum absolute atomic E-state index is 13.5. The Morgan fingerprint density at radius 1 is 1.23 bits per heavy atom. The molecule has 2 aliphatic rings. The summed E-state index contributed by atoms with van der Waals surface area (Å²) in [6, 6.07) is 9.20. The zero-order valence-corrected chi connectivity index (χ0v) is 18.3. The summed E-state index contributed by atoms with van der Waals surface area (Å²) >= 11 is 1.71. The van der Waals surface area contributed by atoms with Gasteiger partial charge in [0.1, 0.15) is 4.83 Å². The van der Waals surface area contributed by atoms with Crippen LogP contribution in [0.4, 0.5) is 0 Å². The van der Waals surface area contributed by atoms with Gasteiger partial charge in [0.2, 0.25) is 0 Å². The van der Waals surface area contributed by atoms with E-state index in [1.807, 2.05) is 11.5 Å². The minimum atomic E-state index is 0.151. The Morgan fingerprint density at radius 3 is 2.80 bits per heavy atom. The van der Waals surface area contributed by atoms with Gasteiger partial charge in [0, 0.05) is 30.2 Å². The van der Waals surface area contributed by atoms with Crippen LogP contribution in [0.5, 0.6) is 0 Å². The number of aromatic nitrogens is 2. The summed E-state index contributed by atoms with van der Waals surface area (Å²) in [5.74, 6) is 0. The summed E-state index contributed by atoms with van der Waals surface area (Å²) in [6.45, 7) is 4.62. The Balaban J connectivity index is 1.35. The van der Waals surface area contributed by atoms with Crippen LogP contribution in [-0.4, -0.2) is 35.4 Å². The van der Waals surface area contributed by atoms with Gasteiger partial charge in [-0.15, -0.1) is 11.3 Å². The molecule has 5 nitrogen and oxygen atoms in total. The molecular weight excluding hydrogens is 394 g/mol. The molecule has 0 spiro atoms. The van der Waals surface area contributed by atoms with Crippen molar-refractivity contribution in [1.82, 2.24) is 14.9 Å². The number of fused-ring (bicyclic) bond motifs is 4. The molecule has 2 aliphatic carbocycles. The molecule has 1 atom stereocenters. The van der Waals surface area contributed by atoms with E-state index in [4.69, 9.17) is 9.72 Å². The van der Waals surface area contributed by atoms with Crippen LogP contribution in [0, 0.1) is 0 Å². The number of benzene rings is 1. The molecule has 1 unspecified atom stereocenters. The van der Waals surface area contributed by atoms with Crippen molar-refractivity contribution in [3.63, 3.8) is 0 Å². The fraction of sp³-hybridized carbons (Fsp3) is 0.500. The van der Waals surface area contributed by atoms with Gasteiger partial charge in [-0.1, -0.05) is 24.3 Å². The van der Waals surface area contributed by atoms with Crippen molar-refractivity contribution >= 4 is 21.6 Å². The smallest absolute Gasteiger partial charge is 0.262 e. The molecule has 0 saturated carbocycles. The average molecular weight is 424 g/mol. The molecule has 0 amide bonds. The fourth-order valence-corrected chi connectivity index (χ4v) is 6.23. The molecule has 0 fully saturated rings. The molecule has 5 rings (SSSR count). The molecule has 30 heavy (non-hydrogen) atoms. The summed E-state index contributed by atoms with van der Waals surface area (Å²) in [6.07, 6.45) is 7.71. The highest BCUT2D eigenvalue weighted by molar-refractivity contribution is 7.18. The molecule has 1 N–H and O–H groups in total. The summed E-state index contributed by atoms with van der Waals surface area (Å²) in [5, 5.41) is 4.55. The first-order chi connectivity index (χ1) is 14.7. The van der Waals surface area contributed by atoms with Crippen molar-refractivity contribution in [3.05, 3.63) is 62.5 Å².